The largest absolute Gasteiger partial charge is 0.503 e. The van der Waals surface area contributed by atoms with Crippen molar-refractivity contribution in [3.8, 4) is 11.5 Å². The normalized spacial score (nSPS) is 15.4. The number of ketones is 1. The first-order valence-electron chi connectivity index (χ1n) is 13.3. The molecule has 0 radical (unpaired) electrons. The van der Waals surface area contributed by atoms with Crippen LogP contribution in [0.1, 0.15) is 43.9 Å². The fraction of sp³-hybridized carbons (Fsp3) is 0.219. The highest BCUT2D eigenvalue weighted by molar-refractivity contribution is 7.22. The van der Waals surface area contributed by atoms with E-state index in [0.29, 0.717) is 40.9 Å². The molecule has 0 saturated carbocycles. The molecule has 2 heterocycles. The first-order valence-corrected chi connectivity index (χ1v) is 14.1. The molecule has 7 nitrogen and oxygen atoms in total. The summed E-state index contributed by atoms with van der Waals surface area (Å²) in [7, 11) is 0. The molecule has 3 aromatic carbocycles. The predicted octanol–water partition coefficient (Wildman–Crippen LogP) is 7.06. The van der Waals surface area contributed by atoms with Gasteiger partial charge in [0.05, 0.1) is 35.0 Å². The third-order valence-electron chi connectivity index (χ3n) is 6.51. The Hall–Kier alpha value is -4.43. The average Bonchev–Trinajstić information content (AvgIpc) is 3.50. The van der Waals surface area contributed by atoms with Gasteiger partial charge in [-0.3, -0.25) is 14.5 Å². The molecule has 0 aliphatic carbocycles. The molecule has 0 fully saturated rings. The lowest BCUT2D eigenvalue weighted by molar-refractivity contribution is -0.117. The van der Waals surface area contributed by atoms with Crippen LogP contribution in [-0.2, 0) is 9.59 Å². The minimum Gasteiger partial charge on any atom is -0.503 e. The average molecular weight is 555 g/mol. The maximum absolute atomic E-state index is 13.6. The first-order chi connectivity index (χ1) is 19.5. The summed E-state index contributed by atoms with van der Waals surface area (Å²) in [5.41, 5.74) is 2.15. The van der Waals surface area contributed by atoms with Gasteiger partial charge in [-0.05, 0) is 60.9 Å². The molecule has 1 amide bonds. The maximum Gasteiger partial charge on any atom is 0.296 e. The van der Waals surface area contributed by atoms with Crippen LogP contribution in [0.4, 0.5) is 5.13 Å². The number of hydrogen-bond acceptors (Lipinski definition) is 7. The lowest BCUT2D eigenvalue weighted by atomic mass is 9.95. The number of hydrogen-bond donors (Lipinski definition) is 1. The Labute approximate surface area is 237 Å². The molecule has 40 heavy (non-hydrogen) atoms. The fourth-order valence-electron chi connectivity index (χ4n) is 4.56. The third-order valence-corrected chi connectivity index (χ3v) is 7.52. The summed E-state index contributed by atoms with van der Waals surface area (Å²) < 4.78 is 12.4. The van der Waals surface area contributed by atoms with E-state index in [-0.39, 0.29) is 5.57 Å². The van der Waals surface area contributed by atoms with E-state index in [1.54, 1.807) is 6.08 Å². The Morgan fingerprint density at radius 3 is 2.60 bits per heavy atom. The zero-order chi connectivity index (χ0) is 28.1. The number of unbranched alkanes of at least 4 members (excludes halogenated alkanes) is 1. The van der Waals surface area contributed by atoms with Crippen molar-refractivity contribution >= 4 is 44.5 Å². The van der Waals surface area contributed by atoms with Crippen LogP contribution in [0.3, 0.4) is 0 Å². The third kappa shape index (κ3) is 5.62. The van der Waals surface area contributed by atoms with Gasteiger partial charge in [0.25, 0.3) is 5.91 Å². The molecule has 1 unspecified atom stereocenters. The van der Waals surface area contributed by atoms with Gasteiger partial charge in [0.2, 0.25) is 0 Å². The number of carbonyl (C=O) groups is 2. The number of nitrogens with zero attached hydrogens (tertiary/aromatic N) is 2. The Kier molecular flexibility index (Phi) is 8.26. The highest BCUT2D eigenvalue weighted by Gasteiger charge is 2.45. The quantitative estimate of drug-likeness (QED) is 0.158. The number of amides is 1. The van der Waals surface area contributed by atoms with Crippen molar-refractivity contribution in [1.82, 2.24) is 4.98 Å². The number of fused-ring (bicyclic) bond motifs is 1. The predicted molar refractivity (Wildman–Crippen MR) is 158 cm³/mol. The molecule has 0 spiro atoms. The van der Waals surface area contributed by atoms with Crippen LogP contribution in [0.15, 0.2) is 90.2 Å². The van der Waals surface area contributed by atoms with Crippen molar-refractivity contribution in [2.24, 2.45) is 0 Å². The second kappa shape index (κ2) is 12.2. The molecule has 1 aliphatic heterocycles. The summed E-state index contributed by atoms with van der Waals surface area (Å²) in [6.07, 6.45) is 4.96. The highest BCUT2D eigenvalue weighted by Crippen LogP contribution is 2.44. The summed E-state index contributed by atoms with van der Waals surface area (Å²) >= 11 is 1.30. The summed E-state index contributed by atoms with van der Waals surface area (Å²) in [5, 5.41) is 11.5. The van der Waals surface area contributed by atoms with Crippen LogP contribution in [0, 0.1) is 0 Å². The van der Waals surface area contributed by atoms with E-state index >= 15 is 0 Å². The molecule has 1 N–H and O–H groups in total. The van der Waals surface area contributed by atoms with Gasteiger partial charge in [-0.15, -0.1) is 0 Å². The van der Waals surface area contributed by atoms with Crippen molar-refractivity contribution in [2.75, 3.05) is 18.1 Å². The molecule has 5 rings (SSSR count). The standard InChI is InChI=1S/C32H30N2O5S/c1-3-5-18-39-23-13-9-12-22(19-23)29-28(26(35)17-14-21-10-7-6-8-11-21)30(36)31(37)34(29)32-33-25-16-15-24(38-4-2)20-27(25)40-32/h6-17,19-20,29,36H,3-5,18H2,1-2H3. The van der Waals surface area contributed by atoms with Gasteiger partial charge in [0.1, 0.15) is 11.5 Å². The van der Waals surface area contributed by atoms with Crippen molar-refractivity contribution in [2.45, 2.75) is 32.7 Å². The summed E-state index contributed by atoms with van der Waals surface area (Å²) in [4.78, 5) is 33.2. The van der Waals surface area contributed by atoms with E-state index in [9.17, 15) is 14.7 Å². The van der Waals surface area contributed by atoms with E-state index < -0.39 is 23.5 Å². The van der Waals surface area contributed by atoms with Crippen LogP contribution in [-0.4, -0.2) is 35.0 Å². The van der Waals surface area contributed by atoms with E-state index in [4.69, 9.17) is 14.5 Å². The van der Waals surface area contributed by atoms with E-state index in [0.717, 1.165) is 23.1 Å². The molecule has 1 aromatic heterocycles. The SMILES string of the molecule is CCCCOc1cccc(C2C(C(=O)C=Cc3ccccc3)=C(O)C(=O)N2c2nc3ccc(OCC)cc3s2)c1. The number of thiazole rings is 1. The molecule has 204 valence electrons. The Bertz CT molecular complexity index is 1590. The van der Waals surface area contributed by atoms with E-state index in [1.165, 1.54) is 22.3 Å². The summed E-state index contributed by atoms with van der Waals surface area (Å²) in [5.74, 6) is -0.391. The van der Waals surface area contributed by atoms with Gasteiger partial charge < -0.3 is 14.6 Å². The summed E-state index contributed by atoms with van der Waals surface area (Å²) in [6, 6.07) is 21.3. The van der Waals surface area contributed by atoms with Gasteiger partial charge in [0.15, 0.2) is 16.7 Å². The molecule has 1 atom stereocenters. The van der Waals surface area contributed by atoms with Crippen molar-refractivity contribution in [3.63, 3.8) is 0 Å². The second-order valence-corrected chi connectivity index (χ2v) is 10.3. The zero-order valence-electron chi connectivity index (χ0n) is 22.4. The molecular weight excluding hydrogens is 524 g/mol. The number of aliphatic hydroxyl groups excluding tert-OH is 1. The van der Waals surface area contributed by atoms with Crippen LogP contribution in [0.5, 0.6) is 11.5 Å². The maximum atomic E-state index is 13.6. The molecule has 1 aliphatic rings. The van der Waals surface area contributed by atoms with Crippen molar-refractivity contribution in [1.29, 1.82) is 0 Å². The van der Waals surface area contributed by atoms with Crippen LogP contribution in [0.25, 0.3) is 16.3 Å². The lowest BCUT2D eigenvalue weighted by Gasteiger charge is -2.24. The van der Waals surface area contributed by atoms with Gasteiger partial charge in [-0.1, -0.05) is 73.2 Å². The first kappa shape index (κ1) is 27.1. The monoisotopic (exact) mass is 554 g/mol. The number of ether oxygens (including phenoxy) is 2. The number of carbonyl (C=O) groups excluding carboxylic acids is 2. The topological polar surface area (TPSA) is 89.0 Å². The van der Waals surface area contributed by atoms with E-state index in [2.05, 4.69) is 6.92 Å². The van der Waals surface area contributed by atoms with Gasteiger partial charge >= 0.3 is 0 Å². The van der Waals surface area contributed by atoms with Crippen LogP contribution >= 0.6 is 11.3 Å². The van der Waals surface area contributed by atoms with E-state index in [1.807, 2.05) is 79.7 Å². The molecule has 0 bridgehead atoms. The number of benzene rings is 3. The van der Waals surface area contributed by atoms with Crippen LogP contribution < -0.4 is 14.4 Å². The Morgan fingerprint density at radius 2 is 1.82 bits per heavy atom. The second-order valence-electron chi connectivity index (χ2n) is 9.28. The van der Waals surface area contributed by atoms with Gasteiger partial charge in [-0.25, -0.2) is 4.98 Å². The molecule has 4 aromatic rings. The lowest BCUT2D eigenvalue weighted by Crippen LogP contribution is -2.30. The molecule has 0 saturated heterocycles. The van der Waals surface area contributed by atoms with Crippen LogP contribution in [0.2, 0.25) is 0 Å². The Morgan fingerprint density at radius 1 is 1.02 bits per heavy atom. The van der Waals surface area contributed by atoms with Crippen molar-refractivity contribution in [3.05, 3.63) is 101 Å². The minimum atomic E-state index is -0.887. The molecule has 8 heteroatoms. The van der Waals surface area contributed by atoms with Crippen molar-refractivity contribution < 1.29 is 24.2 Å². The zero-order valence-corrected chi connectivity index (χ0v) is 23.2. The number of rotatable bonds is 11. The number of aliphatic hydroxyl groups is 1. The molecular formula is C32H30N2O5S. The minimum absolute atomic E-state index is 0.00264. The fourth-order valence-corrected chi connectivity index (χ4v) is 5.58. The van der Waals surface area contributed by atoms with Gasteiger partial charge in [0, 0.05) is 0 Å². The number of aromatic nitrogens is 1. The van der Waals surface area contributed by atoms with Gasteiger partial charge in [-0.2, -0.15) is 0 Å². The number of allylic oxidation sites excluding steroid dienone is 1. The Balaban J connectivity index is 1.57. The summed E-state index contributed by atoms with van der Waals surface area (Å²) in [6.45, 7) is 5.08. The smallest absolute Gasteiger partial charge is 0.296 e. The highest BCUT2D eigenvalue weighted by atomic mass is 32.1. The number of anilines is 1.